The molecule has 3 aromatic carbocycles. The zero-order chi connectivity index (χ0) is 19.9. The minimum Gasteiger partial charge on any atom is -0.508 e. The molecular formula is C22H17NO5. The van der Waals surface area contributed by atoms with Crippen molar-refractivity contribution < 1.29 is 24.5 Å². The maximum Gasteiger partial charge on any atom is 0.337 e. The van der Waals surface area contributed by atoms with Crippen molar-refractivity contribution in [2.45, 2.75) is 0 Å². The normalized spacial score (nSPS) is 10.6. The number of carboxylic acid groups (broad SMARTS) is 1. The summed E-state index contributed by atoms with van der Waals surface area (Å²) < 4.78 is 5.69. The molecule has 0 fully saturated rings. The number of phenols is 1. The Morgan fingerprint density at radius 3 is 2.29 bits per heavy atom. The molecule has 0 aliphatic carbocycles. The van der Waals surface area contributed by atoms with Gasteiger partial charge in [0.1, 0.15) is 17.2 Å². The molecule has 140 valence electrons. The number of amides is 1. The van der Waals surface area contributed by atoms with Crippen LogP contribution in [-0.2, 0) is 4.79 Å². The van der Waals surface area contributed by atoms with Crippen molar-refractivity contribution in [3.05, 3.63) is 90.0 Å². The predicted molar refractivity (Wildman–Crippen MR) is 106 cm³/mol. The van der Waals surface area contributed by atoms with E-state index in [2.05, 4.69) is 5.32 Å². The van der Waals surface area contributed by atoms with Crippen molar-refractivity contribution in [3.63, 3.8) is 0 Å². The van der Waals surface area contributed by atoms with Crippen molar-refractivity contribution in [2.24, 2.45) is 0 Å². The molecule has 28 heavy (non-hydrogen) atoms. The highest BCUT2D eigenvalue weighted by Gasteiger charge is 2.13. The van der Waals surface area contributed by atoms with Gasteiger partial charge in [-0.3, -0.25) is 4.79 Å². The van der Waals surface area contributed by atoms with Gasteiger partial charge in [0.15, 0.2) is 0 Å². The van der Waals surface area contributed by atoms with E-state index < -0.39 is 11.9 Å². The molecule has 0 saturated carbocycles. The number of phenolic OH excluding ortho intramolecular Hbond substituents is 1. The Labute approximate surface area is 161 Å². The van der Waals surface area contributed by atoms with Crippen LogP contribution in [0.5, 0.6) is 17.2 Å². The first-order valence-electron chi connectivity index (χ1n) is 8.39. The van der Waals surface area contributed by atoms with Gasteiger partial charge in [0, 0.05) is 12.1 Å². The molecule has 0 heterocycles. The summed E-state index contributed by atoms with van der Waals surface area (Å²) in [5.41, 5.74) is 0.792. The van der Waals surface area contributed by atoms with Crippen molar-refractivity contribution in [2.75, 3.05) is 5.32 Å². The molecule has 0 radical (unpaired) electrons. The molecule has 0 unspecified atom stereocenters. The Bertz CT molecular complexity index is 1010. The van der Waals surface area contributed by atoms with Crippen LogP contribution in [0.15, 0.2) is 78.9 Å². The van der Waals surface area contributed by atoms with Gasteiger partial charge < -0.3 is 20.3 Å². The van der Waals surface area contributed by atoms with Gasteiger partial charge in [-0.1, -0.05) is 30.3 Å². The van der Waals surface area contributed by atoms with Crippen LogP contribution in [0.3, 0.4) is 0 Å². The maximum atomic E-state index is 12.2. The number of ether oxygens (including phenoxy) is 1. The lowest BCUT2D eigenvalue weighted by molar-refractivity contribution is -0.111. The summed E-state index contributed by atoms with van der Waals surface area (Å²) in [7, 11) is 0. The van der Waals surface area contributed by atoms with Gasteiger partial charge in [0.2, 0.25) is 5.91 Å². The van der Waals surface area contributed by atoms with E-state index in [0.717, 1.165) is 0 Å². The third-order valence-electron chi connectivity index (χ3n) is 3.78. The number of benzene rings is 3. The number of para-hydroxylation sites is 1. The number of aromatic carboxylic acids is 1. The fourth-order valence-corrected chi connectivity index (χ4v) is 2.43. The largest absolute Gasteiger partial charge is 0.508 e. The average molecular weight is 375 g/mol. The third kappa shape index (κ3) is 4.98. The van der Waals surface area contributed by atoms with E-state index in [0.29, 0.717) is 17.1 Å². The van der Waals surface area contributed by atoms with Crippen molar-refractivity contribution in [3.8, 4) is 17.2 Å². The van der Waals surface area contributed by atoms with Crippen LogP contribution in [0, 0.1) is 0 Å². The molecular weight excluding hydrogens is 358 g/mol. The number of hydrogen-bond donors (Lipinski definition) is 3. The molecule has 6 heteroatoms. The molecule has 1 amide bonds. The fraction of sp³-hybridized carbons (Fsp3) is 0. The van der Waals surface area contributed by atoms with E-state index in [9.17, 15) is 19.8 Å². The van der Waals surface area contributed by atoms with E-state index in [1.54, 1.807) is 30.3 Å². The van der Waals surface area contributed by atoms with Crippen LogP contribution in [0.2, 0.25) is 0 Å². The lowest BCUT2D eigenvalue weighted by Crippen LogP contribution is -2.12. The number of carbonyl (C=O) groups excluding carboxylic acids is 1. The molecule has 6 nitrogen and oxygen atoms in total. The summed E-state index contributed by atoms with van der Waals surface area (Å²) in [6.45, 7) is 0. The van der Waals surface area contributed by atoms with Gasteiger partial charge in [-0.2, -0.15) is 0 Å². The zero-order valence-electron chi connectivity index (χ0n) is 14.7. The van der Waals surface area contributed by atoms with Crippen LogP contribution in [0.1, 0.15) is 15.9 Å². The van der Waals surface area contributed by atoms with Gasteiger partial charge in [0.05, 0.1) is 11.3 Å². The lowest BCUT2D eigenvalue weighted by atomic mass is 10.1. The maximum absolute atomic E-state index is 12.2. The number of anilines is 1. The first kappa shape index (κ1) is 18.7. The quantitative estimate of drug-likeness (QED) is 0.550. The highest BCUT2D eigenvalue weighted by molar-refractivity contribution is 6.06. The summed E-state index contributed by atoms with van der Waals surface area (Å²) in [6, 6.07) is 19.7. The second-order valence-corrected chi connectivity index (χ2v) is 5.84. The topological polar surface area (TPSA) is 95.9 Å². The molecule has 0 atom stereocenters. The molecule has 3 aromatic rings. The number of rotatable bonds is 6. The van der Waals surface area contributed by atoms with Crippen LogP contribution in [0.4, 0.5) is 5.69 Å². The van der Waals surface area contributed by atoms with Crippen LogP contribution in [-0.4, -0.2) is 22.1 Å². The van der Waals surface area contributed by atoms with Crippen LogP contribution >= 0.6 is 0 Å². The smallest absolute Gasteiger partial charge is 0.337 e. The van der Waals surface area contributed by atoms with Gasteiger partial charge in [-0.15, -0.1) is 0 Å². The van der Waals surface area contributed by atoms with E-state index in [-0.39, 0.29) is 17.0 Å². The lowest BCUT2D eigenvalue weighted by Gasteiger charge is -2.11. The predicted octanol–water partition coefficient (Wildman–Crippen LogP) is 4.53. The summed E-state index contributed by atoms with van der Waals surface area (Å²) in [5, 5.41) is 21.2. The van der Waals surface area contributed by atoms with E-state index >= 15 is 0 Å². The number of aromatic hydroxyl groups is 1. The summed E-state index contributed by atoms with van der Waals surface area (Å²) in [5.74, 6) is -0.538. The molecule has 0 bridgehead atoms. The van der Waals surface area contributed by atoms with Crippen molar-refractivity contribution in [1.82, 2.24) is 0 Å². The Hall–Kier alpha value is -4.06. The average Bonchev–Trinajstić information content (AvgIpc) is 2.68. The summed E-state index contributed by atoms with van der Waals surface area (Å²) in [6.07, 6.45) is 2.84. The molecule has 0 spiro atoms. The van der Waals surface area contributed by atoms with E-state index in [1.807, 2.05) is 18.2 Å². The Balaban J connectivity index is 1.78. The van der Waals surface area contributed by atoms with Gasteiger partial charge >= 0.3 is 5.97 Å². The number of carboxylic acids is 1. The first-order chi connectivity index (χ1) is 13.5. The Morgan fingerprint density at radius 1 is 0.893 bits per heavy atom. The highest BCUT2D eigenvalue weighted by Crippen LogP contribution is 2.27. The van der Waals surface area contributed by atoms with Crippen LogP contribution < -0.4 is 10.1 Å². The van der Waals surface area contributed by atoms with Crippen molar-refractivity contribution >= 4 is 23.6 Å². The first-order valence-corrected chi connectivity index (χ1v) is 8.39. The molecule has 3 rings (SSSR count). The Morgan fingerprint density at radius 2 is 1.61 bits per heavy atom. The summed E-state index contributed by atoms with van der Waals surface area (Å²) >= 11 is 0. The van der Waals surface area contributed by atoms with Gasteiger partial charge in [-0.05, 0) is 48.0 Å². The number of nitrogens with one attached hydrogen (secondary N) is 1. The Kier molecular flexibility index (Phi) is 5.72. The summed E-state index contributed by atoms with van der Waals surface area (Å²) in [4.78, 5) is 23.7. The van der Waals surface area contributed by atoms with E-state index in [4.69, 9.17) is 4.74 Å². The van der Waals surface area contributed by atoms with E-state index in [1.165, 1.54) is 36.4 Å². The highest BCUT2D eigenvalue weighted by atomic mass is 16.5. The standard InChI is InChI=1S/C22H17NO5/c24-16-9-6-15(7-10-16)8-13-21(25)23-20-14-18(11-12-19(20)22(26)27)28-17-4-2-1-3-5-17/h1-14,24H,(H,23,25)(H,26,27). The van der Waals surface area contributed by atoms with Crippen LogP contribution in [0.25, 0.3) is 6.08 Å². The number of hydrogen-bond acceptors (Lipinski definition) is 4. The van der Waals surface area contributed by atoms with Gasteiger partial charge in [0.25, 0.3) is 0 Å². The molecule has 0 saturated heterocycles. The second-order valence-electron chi connectivity index (χ2n) is 5.84. The monoisotopic (exact) mass is 375 g/mol. The number of carbonyl (C=O) groups is 2. The van der Waals surface area contributed by atoms with Gasteiger partial charge in [-0.25, -0.2) is 4.79 Å². The fourth-order valence-electron chi connectivity index (χ4n) is 2.43. The second kappa shape index (κ2) is 8.55. The minimum atomic E-state index is -1.16. The molecule has 0 aliphatic rings. The zero-order valence-corrected chi connectivity index (χ0v) is 14.7. The molecule has 3 N–H and O–H groups in total. The molecule has 0 aliphatic heterocycles. The third-order valence-corrected chi connectivity index (χ3v) is 3.78. The molecule has 0 aromatic heterocycles. The van der Waals surface area contributed by atoms with Crippen molar-refractivity contribution in [1.29, 1.82) is 0 Å². The SMILES string of the molecule is O=C(C=Cc1ccc(O)cc1)Nc1cc(Oc2ccccc2)ccc1C(=O)O. The minimum absolute atomic E-state index is 0.0493.